The van der Waals surface area contributed by atoms with Crippen LogP contribution in [0.1, 0.15) is 24.8 Å². The van der Waals surface area contributed by atoms with E-state index in [2.05, 4.69) is 18.3 Å². The van der Waals surface area contributed by atoms with Crippen LogP contribution in [-0.4, -0.2) is 19.2 Å². The fraction of sp³-hybridized carbons (Fsp3) is 0.600. The summed E-state index contributed by atoms with van der Waals surface area (Å²) in [7, 11) is 0. The molecule has 0 bridgehead atoms. The van der Waals surface area contributed by atoms with E-state index in [0.717, 1.165) is 29.8 Å². The van der Waals surface area contributed by atoms with Crippen molar-refractivity contribution < 1.29 is 4.74 Å². The fourth-order valence-corrected chi connectivity index (χ4v) is 3.09. The van der Waals surface area contributed by atoms with E-state index in [1.165, 1.54) is 24.8 Å². The summed E-state index contributed by atoms with van der Waals surface area (Å²) < 4.78 is 6.24. The number of benzene rings is 1. The van der Waals surface area contributed by atoms with Gasteiger partial charge in [-0.15, -0.1) is 0 Å². The first-order valence-electron chi connectivity index (χ1n) is 6.87. The lowest BCUT2D eigenvalue weighted by atomic mass is 9.97. The van der Waals surface area contributed by atoms with Crippen molar-refractivity contribution in [2.45, 2.75) is 32.3 Å². The summed E-state index contributed by atoms with van der Waals surface area (Å²) in [6, 6.07) is 6.06. The van der Waals surface area contributed by atoms with E-state index >= 15 is 0 Å². The second kappa shape index (κ2) is 5.10. The van der Waals surface area contributed by atoms with Crippen LogP contribution in [0.2, 0.25) is 5.02 Å². The van der Waals surface area contributed by atoms with Crippen molar-refractivity contribution in [2.24, 2.45) is 11.8 Å². The molecule has 0 amide bonds. The average Bonchev–Trinajstić information content (AvgIpc) is 3.03. The van der Waals surface area contributed by atoms with Gasteiger partial charge in [0.05, 0.1) is 5.02 Å². The second-order valence-corrected chi connectivity index (χ2v) is 6.01. The smallest absolute Gasteiger partial charge is 0.138 e. The van der Waals surface area contributed by atoms with Crippen LogP contribution in [0.3, 0.4) is 0 Å². The first-order valence-corrected chi connectivity index (χ1v) is 7.25. The maximum atomic E-state index is 6.26. The molecule has 18 heavy (non-hydrogen) atoms. The van der Waals surface area contributed by atoms with Crippen LogP contribution in [0.5, 0.6) is 5.75 Å². The maximum Gasteiger partial charge on any atom is 0.138 e. The molecule has 0 aromatic heterocycles. The summed E-state index contributed by atoms with van der Waals surface area (Å²) in [6.45, 7) is 4.26. The maximum absolute atomic E-state index is 6.26. The monoisotopic (exact) mass is 265 g/mol. The SMILES string of the molecule is Cc1ccc(OC(C2CC2)[C@@H]2CCNC2)c(Cl)c1. The highest BCUT2D eigenvalue weighted by Gasteiger charge is 2.39. The Morgan fingerprint density at radius 1 is 1.28 bits per heavy atom. The molecule has 2 aliphatic rings. The van der Waals surface area contributed by atoms with Gasteiger partial charge in [0, 0.05) is 12.5 Å². The van der Waals surface area contributed by atoms with Gasteiger partial charge >= 0.3 is 0 Å². The molecule has 2 nitrogen and oxygen atoms in total. The number of hydrogen-bond acceptors (Lipinski definition) is 2. The minimum atomic E-state index is 0.347. The van der Waals surface area contributed by atoms with Crippen LogP contribution in [0.15, 0.2) is 18.2 Å². The van der Waals surface area contributed by atoms with E-state index in [-0.39, 0.29) is 0 Å². The van der Waals surface area contributed by atoms with Crippen LogP contribution in [-0.2, 0) is 0 Å². The summed E-state index contributed by atoms with van der Waals surface area (Å²) in [6.07, 6.45) is 4.19. The van der Waals surface area contributed by atoms with Gasteiger partial charge in [0.25, 0.3) is 0 Å². The minimum absolute atomic E-state index is 0.347. The molecule has 1 aliphatic heterocycles. The number of aryl methyl sites for hydroxylation is 1. The largest absolute Gasteiger partial charge is 0.488 e. The number of hydrogen-bond donors (Lipinski definition) is 1. The molecule has 3 heteroatoms. The van der Waals surface area contributed by atoms with Gasteiger partial charge < -0.3 is 10.1 Å². The number of ether oxygens (including phenoxy) is 1. The summed E-state index contributed by atoms with van der Waals surface area (Å²) in [5, 5.41) is 4.17. The average molecular weight is 266 g/mol. The van der Waals surface area contributed by atoms with Gasteiger partial charge in [0.2, 0.25) is 0 Å². The van der Waals surface area contributed by atoms with Crippen molar-refractivity contribution in [3.63, 3.8) is 0 Å². The first-order chi connectivity index (χ1) is 8.74. The molecule has 2 atom stereocenters. The number of rotatable bonds is 4. The van der Waals surface area contributed by atoms with E-state index in [4.69, 9.17) is 16.3 Å². The number of nitrogens with one attached hydrogen (secondary N) is 1. The van der Waals surface area contributed by atoms with Crippen LogP contribution in [0, 0.1) is 18.8 Å². The Balaban J connectivity index is 1.75. The van der Waals surface area contributed by atoms with Crippen molar-refractivity contribution in [1.29, 1.82) is 0 Å². The first kappa shape index (κ1) is 12.3. The van der Waals surface area contributed by atoms with Crippen molar-refractivity contribution >= 4 is 11.6 Å². The van der Waals surface area contributed by atoms with Crippen molar-refractivity contribution in [1.82, 2.24) is 5.32 Å². The highest BCUT2D eigenvalue weighted by Crippen LogP contribution is 2.41. The Hall–Kier alpha value is -0.730. The van der Waals surface area contributed by atoms with E-state index in [1.54, 1.807) is 0 Å². The van der Waals surface area contributed by atoms with Crippen molar-refractivity contribution in [3.8, 4) is 5.75 Å². The standard InChI is InChI=1S/C15H20ClNO/c1-10-2-5-14(13(16)8-10)18-15(11-3-4-11)12-6-7-17-9-12/h2,5,8,11-12,15,17H,3-4,6-7,9H2,1H3/t12-,15?/m1/s1. The second-order valence-electron chi connectivity index (χ2n) is 5.61. The predicted octanol–water partition coefficient (Wildman–Crippen LogP) is 3.42. The molecule has 1 unspecified atom stereocenters. The van der Waals surface area contributed by atoms with Gasteiger partial charge in [-0.1, -0.05) is 17.7 Å². The molecule has 1 saturated carbocycles. The Morgan fingerprint density at radius 3 is 2.72 bits per heavy atom. The molecule has 1 aliphatic carbocycles. The Kier molecular flexibility index (Phi) is 3.49. The zero-order valence-corrected chi connectivity index (χ0v) is 11.5. The van der Waals surface area contributed by atoms with Crippen LogP contribution < -0.4 is 10.1 Å². The third-order valence-corrected chi connectivity index (χ3v) is 4.30. The molecular weight excluding hydrogens is 246 g/mol. The highest BCUT2D eigenvalue weighted by molar-refractivity contribution is 6.32. The Labute approximate surface area is 114 Å². The summed E-state index contributed by atoms with van der Waals surface area (Å²) in [5.74, 6) is 2.24. The molecule has 1 saturated heterocycles. The molecule has 1 aromatic rings. The van der Waals surface area contributed by atoms with E-state index in [1.807, 2.05) is 12.1 Å². The van der Waals surface area contributed by atoms with Gasteiger partial charge in [-0.2, -0.15) is 0 Å². The van der Waals surface area contributed by atoms with Crippen molar-refractivity contribution in [3.05, 3.63) is 28.8 Å². The minimum Gasteiger partial charge on any atom is -0.488 e. The van der Waals surface area contributed by atoms with Crippen LogP contribution in [0.25, 0.3) is 0 Å². The molecular formula is C15H20ClNO. The van der Waals surface area contributed by atoms with E-state index in [9.17, 15) is 0 Å². The molecule has 98 valence electrons. The molecule has 0 spiro atoms. The Bertz CT molecular complexity index is 425. The summed E-state index contributed by atoms with van der Waals surface area (Å²) in [5.41, 5.74) is 1.18. The van der Waals surface area contributed by atoms with Gasteiger partial charge in [0.15, 0.2) is 0 Å². The van der Waals surface area contributed by atoms with Crippen LogP contribution in [0.4, 0.5) is 0 Å². The lowest BCUT2D eigenvalue weighted by Crippen LogP contribution is -2.30. The molecule has 3 rings (SSSR count). The molecule has 0 radical (unpaired) electrons. The lowest BCUT2D eigenvalue weighted by Gasteiger charge is -2.25. The zero-order valence-electron chi connectivity index (χ0n) is 10.8. The third-order valence-electron chi connectivity index (χ3n) is 4.00. The van der Waals surface area contributed by atoms with Crippen LogP contribution >= 0.6 is 11.6 Å². The summed E-state index contributed by atoms with van der Waals surface area (Å²) in [4.78, 5) is 0. The number of halogens is 1. The Morgan fingerprint density at radius 2 is 2.11 bits per heavy atom. The molecule has 1 N–H and O–H groups in total. The zero-order chi connectivity index (χ0) is 12.5. The predicted molar refractivity (Wildman–Crippen MR) is 74.3 cm³/mol. The van der Waals surface area contributed by atoms with Gasteiger partial charge in [-0.05, 0) is 56.3 Å². The summed E-state index contributed by atoms with van der Waals surface area (Å²) >= 11 is 6.26. The highest BCUT2D eigenvalue weighted by atomic mass is 35.5. The van der Waals surface area contributed by atoms with Gasteiger partial charge in [-0.3, -0.25) is 0 Å². The fourth-order valence-electron chi connectivity index (χ4n) is 2.81. The molecule has 1 heterocycles. The quantitative estimate of drug-likeness (QED) is 0.901. The van der Waals surface area contributed by atoms with Crippen molar-refractivity contribution in [2.75, 3.05) is 13.1 Å². The topological polar surface area (TPSA) is 21.3 Å². The lowest BCUT2D eigenvalue weighted by molar-refractivity contribution is 0.121. The normalized spacial score (nSPS) is 25.1. The van der Waals surface area contributed by atoms with Gasteiger partial charge in [0.1, 0.15) is 11.9 Å². The van der Waals surface area contributed by atoms with E-state index in [0.29, 0.717) is 12.0 Å². The third kappa shape index (κ3) is 2.65. The molecule has 1 aromatic carbocycles. The van der Waals surface area contributed by atoms with E-state index < -0.39 is 0 Å². The van der Waals surface area contributed by atoms with Gasteiger partial charge in [-0.25, -0.2) is 0 Å². The molecule has 2 fully saturated rings.